The first-order valence-corrected chi connectivity index (χ1v) is 10.2. The summed E-state index contributed by atoms with van der Waals surface area (Å²) in [5, 5.41) is 7.26. The van der Waals surface area contributed by atoms with Gasteiger partial charge in [0.25, 0.3) is 5.91 Å². The molecule has 0 atom stereocenters. The predicted molar refractivity (Wildman–Crippen MR) is 121 cm³/mol. The molecule has 0 unspecified atom stereocenters. The van der Waals surface area contributed by atoms with Crippen LogP contribution in [0.1, 0.15) is 16.2 Å². The van der Waals surface area contributed by atoms with Crippen molar-refractivity contribution in [3.05, 3.63) is 93.1 Å². The number of aryl methyl sites for hydroxylation is 1. The van der Waals surface area contributed by atoms with Crippen LogP contribution in [0.4, 0.5) is 5.82 Å². The van der Waals surface area contributed by atoms with Gasteiger partial charge in [0, 0.05) is 4.47 Å². The lowest BCUT2D eigenvalue weighted by Gasteiger charge is -2.18. The van der Waals surface area contributed by atoms with Crippen molar-refractivity contribution in [3.8, 4) is 22.6 Å². The van der Waals surface area contributed by atoms with Gasteiger partial charge in [0.05, 0.1) is 24.6 Å². The van der Waals surface area contributed by atoms with Gasteiger partial charge in [0.1, 0.15) is 17.3 Å². The number of carbonyl (C=O) groups excluding carboxylic acids is 1. The van der Waals surface area contributed by atoms with Crippen LogP contribution in [0, 0.1) is 6.92 Å². The zero-order valence-corrected chi connectivity index (χ0v) is 18.3. The number of ether oxygens (including phenoxy) is 1. The molecule has 0 fully saturated rings. The van der Waals surface area contributed by atoms with E-state index in [1.807, 2.05) is 24.3 Å². The van der Waals surface area contributed by atoms with E-state index in [0.717, 1.165) is 4.47 Å². The molecule has 4 rings (SSSR count). The molecule has 0 aliphatic rings. The fourth-order valence-electron chi connectivity index (χ4n) is 3.13. The lowest BCUT2D eigenvalue weighted by atomic mass is 10.0. The van der Waals surface area contributed by atoms with Crippen LogP contribution in [0.2, 0.25) is 0 Å². The van der Waals surface area contributed by atoms with Crippen LogP contribution in [-0.4, -0.2) is 22.8 Å². The summed E-state index contributed by atoms with van der Waals surface area (Å²) in [4.78, 5) is 26.0. The summed E-state index contributed by atoms with van der Waals surface area (Å²) in [6.07, 6.45) is 1.41. The van der Waals surface area contributed by atoms with Crippen molar-refractivity contribution >= 4 is 27.7 Å². The van der Waals surface area contributed by atoms with Gasteiger partial charge in [-0.15, -0.1) is 0 Å². The van der Waals surface area contributed by atoms with Gasteiger partial charge < -0.3 is 14.5 Å². The van der Waals surface area contributed by atoms with E-state index < -0.39 is 5.91 Å². The molecule has 8 heteroatoms. The third-order valence-corrected chi connectivity index (χ3v) is 5.21. The van der Waals surface area contributed by atoms with Crippen molar-refractivity contribution in [2.75, 3.05) is 12.4 Å². The summed E-state index contributed by atoms with van der Waals surface area (Å²) >= 11 is 3.42. The molecule has 0 spiro atoms. The zero-order valence-electron chi connectivity index (χ0n) is 16.8. The molecule has 2 aromatic carbocycles. The van der Waals surface area contributed by atoms with Crippen LogP contribution in [0.5, 0.6) is 5.75 Å². The lowest BCUT2D eigenvalue weighted by Crippen LogP contribution is -2.24. The van der Waals surface area contributed by atoms with E-state index in [4.69, 9.17) is 9.15 Å². The van der Waals surface area contributed by atoms with Crippen molar-refractivity contribution in [2.45, 2.75) is 6.92 Å². The van der Waals surface area contributed by atoms with Crippen LogP contribution < -0.4 is 15.5 Å². The number of furan rings is 1. The Morgan fingerprint density at radius 2 is 1.81 bits per heavy atom. The Morgan fingerprint density at radius 1 is 1.10 bits per heavy atom. The second kappa shape index (κ2) is 8.61. The summed E-state index contributed by atoms with van der Waals surface area (Å²) < 4.78 is 12.9. The molecule has 0 bridgehead atoms. The topological polar surface area (TPSA) is 86.4 Å². The predicted octanol–water partition coefficient (Wildman–Crippen LogP) is 4.82. The third-order valence-electron chi connectivity index (χ3n) is 4.68. The molecule has 0 saturated heterocycles. The first-order valence-electron chi connectivity index (χ1n) is 9.37. The minimum Gasteiger partial charge on any atom is -0.497 e. The van der Waals surface area contributed by atoms with Crippen LogP contribution in [0.25, 0.3) is 16.8 Å². The number of methoxy groups -OCH3 is 1. The van der Waals surface area contributed by atoms with E-state index in [0.29, 0.717) is 28.3 Å². The highest BCUT2D eigenvalue weighted by atomic mass is 79.9. The Bertz CT molecular complexity index is 1280. The molecule has 0 aliphatic heterocycles. The number of hydrogen-bond donors (Lipinski definition) is 1. The molecular formula is C23H18BrN3O4. The molecule has 0 aliphatic carbocycles. The molecule has 1 N–H and O–H groups in total. The van der Waals surface area contributed by atoms with E-state index in [2.05, 4.69) is 26.3 Å². The minimum absolute atomic E-state index is 0.121. The third kappa shape index (κ3) is 4.15. The summed E-state index contributed by atoms with van der Waals surface area (Å²) in [5.74, 6) is 0.528. The van der Waals surface area contributed by atoms with E-state index in [9.17, 15) is 9.59 Å². The Hall–Kier alpha value is -3.65. The average molecular weight is 480 g/mol. The van der Waals surface area contributed by atoms with Crippen molar-refractivity contribution < 1.29 is 13.9 Å². The number of anilines is 1. The number of aromatic nitrogens is 2. The summed E-state index contributed by atoms with van der Waals surface area (Å²) in [5.41, 5.74) is 1.63. The highest BCUT2D eigenvalue weighted by Gasteiger charge is 2.21. The number of hydrogen-bond acceptors (Lipinski definition) is 5. The Labute approximate surface area is 186 Å². The maximum Gasteiger partial charge on any atom is 0.292 e. The quantitative estimate of drug-likeness (QED) is 0.443. The van der Waals surface area contributed by atoms with Gasteiger partial charge in [-0.25, -0.2) is 4.68 Å². The summed E-state index contributed by atoms with van der Waals surface area (Å²) in [7, 11) is 1.57. The highest BCUT2D eigenvalue weighted by Crippen LogP contribution is 2.29. The van der Waals surface area contributed by atoms with E-state index in [-0.39, 0.29) is 17.0 Å². The number of nitrogens with zero attached hydrogens (tertiary/aromatic N) is 2. The van der Waals surface area contributed by atoms with Gasteiger partial charge >= 0.3 is 0 Å². The summed E-state index contributed by atoms with van der Waals surface area (Å²) in [6.45, 7) is 1.64. The van der Waals surface area contributed by atoms with E-state index in [1.54, 1.807) is 55.1 Å². The zero-order chi connectivity index (χ0) is 22.0. The highest BCUT2D eigenvalue weighted by molar-refractivity contribution is 9.10. The molecule has 1 amide bonds. The number of carbonyl (C=O) groups is 1. The first-order chi connectivity index (χ1) is 15.0. The standard InChI is InChI=1S/C23H18BrN3O4/c1-14-21(28)20(15-5-11-18(30-2)12-6-15)22(25-23(29)19-4-3-13-31-19)27(26-14)17-9-7-16(24)8-10-17/h3-13H,1-2H3,(H,25,29). The van der Waals surface area contributed by atoms with Crippen LogP contribution in [-0.2, 0) is 0 Å². The first kappa shape index (κ1) is 20.6. The van der Waals surface area contributed by atoms with E-state index in [1.165, 1.54) is 6.26 Å². The average Bonchev–Trinajstić information content (AvgIpc) is 3.32. The fraction of sp³-hybridized carbons (Fsp3) is 0.0870. The van der Waals surface area contributed by atoms with Gasteiger partial charge in [-0.3, -0.25) is 9.59 Å². The van der Waals surface area contributed by atoms with Crippen LogP contribution in [0.3, 0.4) is 0 Å². The number of halogens is 1. The molecule has 4 aromatic rings. The van der Waals surface area contributed by atoms with Gasteiger partial charge in [-0.05, 0) is 61.0 Å². The maximum atomic E-state index is 13.2. The number of nitrogens with one attached hydrogen (secondary N) is 1. The molecule has 0 saturated carbocycles. The largest absolute Gasteiger partial charge is 0.497 e. The smallest absolute Gasteiger partial charge is 0.292 e. The van der Waals surface area contributed by atoms with Gasteiger partial charge in [-0.1, -0.05) is 28.1 Å². The minimum atomic E-state index is -0.490. The van der Waals surface area contributed by atoms with Crippen LogP contribution >= 0.6 is 15.9 Å². The van der Waals surface area contributed by atoms with Crippen molar-refractivity contribution in [1.29, 1.82) is 0 Å². The second-order valence-corrected chi connectivity index (χ2v) is 7.60. The molecule has 2 heterocycles. The molecule has 2 aromatic heterocycles. The SMILES string of the molecule is COc1ccc(-c2c(NC(=O)c3ccco3)n(-c3ccc(Br)cc3)nc(C)c2=O)cc1. The van der Waals surface area contributed by atoms with Crippen molar-refractivity contribution in [1.82, 2.24) is 9.78 Å². The molecule has 156 valence electrons. The van der Waals surface area contributed by atoms with Gasteiger partial charge in [-0.2, -0.15) is 5.10 Å². The lowest BCUT2D eigenvalue weighted by molar-refractivity contribution is 0.0996. The normalized spacial score (nSPS) is 10.7. The Balaban J connectivity index is 1.95. The number of rotatable bonds is 5. The van der Waals surface area contributed by atoms with Gasteiger partial charge in [0.15, 0.2) is 5.76 Å². The second-order valence-electron chi connectivity index (χ2n) is 6.69. The Kier molecular flexibility index (Phi) is 5.73. The molecule has 31 heavy (non-hydrogen) atoms. The maximum absolute atomic E-state index is 13.2. The molecule has 7 nitrogen and oxygen atoms in total. The number of benzene rings is 2. The van der Waals surface area contributed by atoms with Crippen molar-refractivity contribution in [2.24, 2.45) is 0 Å². The van der Waals surface area contributed by atoms with Gasteiger partial charge in [0.2, 0.25) is 5.43 Å². The summed E-state index contributed by atoms with van der Waals surface area (Å²) in [6, 6.07) is 17.6. The van der Waals surface area contributed by atoms with E-state index >= 15 is 0 Å². The monoisotopic (exact) mass is 479 g/mol. The molecule has 0 radical (unpaired) electrons. The Morgan fingerprint density at radius 3 is 2.42 bits per heavy atom. The number of amides is 1. The molecular weight excluding hydrogens is 462 g/mol. The van der Waals surface area contributed by atoms with Crippen molar-refractivity contribution in [3.63, 3.8) is 0 Å². The fourth-order valence-corrected chi connectivity index (χ4v) is 3.39. The van der Waals surface area contributed by atoms with Crippen LogP contribution in [0.15, 0.2) is 80.6 Å².